The number of benzene rings is 7. The molecule has 6 N–H and O–H groups in total. The summed E-state index contributed by atoms with van der Waals surface area (Å²) in [5, 5.41) is 6.21. The number of nitrogens with two attached hydrogens (primary N) is 2. The van der Waals surface area contributed by atoms with Gasteiger partial charge in [-0.2, -0.15) is 0 Å². The monoisotopic (exact) mass is 1070 g/mol. The first-order chi connectivity index (χ1) is 38.0. The van der Waals surface area contributed by atoms with Crippen molar-refractivity contribution in [2.24, 2.45) is 4.99 Å². The van der Waals surface area contributed by atoms with Crippen LogP contribution >= 0.6 is 23.5 Å². The summed E-state index contributed by atoms with van der Waals surface area (Å²) in [5.41, 5.74) is 31.3. The van der Waals surface area contributed by atoms with Crippen LogP contribution in [0.4, 0.5) is 28.4 Å². The molecule has 12 heteroatoms. The Morgan fingerprint density at radius 2 is 1.13 bits per heavy atom. The Bertz CT molecular complexity index is 3580. The van der Waals surface area contributed by atoms with Crippen molar-refractivity contribution in [3.63, 3.8) is 0 Å². The molecule has 2 amide bonds. The lowest BCUT2D eigenvalue weighted by Gasteiger charge is -2.38. The summed E-state index contributed by atoms with van der Waals surface area (Å²) in [7, 11) is 0. The summed E-state index contributed by atoms with van der Waals surface area (Å²) in [6.45, 7) is 9.69. The number of allylic oxidation sites excluding steroid dienone is 1. The van der Waals surface area contributed by atoms with E-state index in [4.69, 9.17) is 21.4 Å². The molecule has 1 aliphatic carbocycles. The maximum Gasteiger partial charge on any atom is 0.251 e. The molecule has 0 saturated heterocycles. The first-order valence-corrected chi connectivity index (χ1v) is 29.3. The molecule has 396 valence electrons. The molecule has 10 nitrogen and oxygen atoms in total. The number of carbonyl (C=O) groups excluding carboxylic acids is 2. The average Bonchev–Trinajstić information content (AvgIpc) is 3.60. The number of aliphatic imine (C=N–C) groups is 1. The quantitative estimate of drug-likeness (QED) is 0.0183. The molecule has 0 radical (unpaired) electrons. The molecule has 1 unspecified atom stereocenters. The number of anilines is 4. The number of hydrogen-bond acceptors (Lipinski definition) is 9. The highest BCUT2D eigenvalue weighted by Gasteiger charge is 2.33. The number of hydrogen-bond donors (Lipinski definition) is 4. The summed E-state index contributed by atoms with van der Waals surface area (Å²) in [6.07, 6.45) is 13.0. The number of para-hydroxylation sites is 2. The number of aromatic nitrogens is 2. The Hall–Kier alpha value is -7.67. The fourth-order valence-corrected chi connectivity index (χ4v) is 12.4. The lowest BCUT2D eigenvalue weighted by atomic mass is 9.95. The predicted octanol–water partition coefficient (Wildman–Crippen LogP) is 14.7. The van der Waals surface area contributed by atoms with E-state index in [0.29, 0.717) is 24.2 Å². The van der Waals surface area contributed by atoms with Gasteiger partial charge in [-0.15, -0.1) is 28.1 Å². The number of fused-ring (bicyclic) bond motifs is 4. The normalized spacial score (nSPS) is 13.9. The second-order valence-electron chi connectivity index (χ2n) is 20.5. The van der Waals surface area contributed by atoms with Crippen molar-refractivity contribution in [2.75, 3.05) is 41.0 Å². The molecule has 0 spiro atoms. The van der Waals surface area contributed by atoms with Crippen LogP contribution in [0.25, 0.3) is 38.9 Å². The molecule has 2 aliphatic rings. The standard InChI is InChI=1S/C66H68N8O2S2/c1-43-35-55-59(39-53(43)67)73(51-19-11-9-12-20-51)61-41-63(45(3)37-57(61)71-55)77-33-17-7-5-15-31-69-65(75)49-27-23-47(24-28-49)48-25-29-50(30-26-48)66(76)70-32-16-6-8-18-34-78-64-42-62-58(38-46(64)4)72-56-36-44(2)54(68)40-60(56)74(62)52-21-13-10-14-22-52/h9-14,19-30,35-42,61,68H,5-8,15-18,31-34,67H2,1-4H3,(H2,69,70,75,76)/p+1. The van der Waals surface area contributed by atoms with Crippen LogP contribution in [0.2, 0.25) is 0 Å². The minimum Gasteiger partial charge on any atom is -0.398 e. The Labute approximate surface area is 467 Å². The molecule has 1 aliphatic heterocycles. The number of unbranched alkanes of at least 4 members (excludes halogenated alkanes) is 6. The van der Waals surface area contributed by atoms with Gasteiger partial charge in [0.15, 0.2) is 0 Å². The Kier molecular flexibility index (Phi) is 17.1. The molecule has 0 saturated carbocycles. The van der Waals surface area contributed by atoms with Gasteiger partial charge < -0.3 is 27.0 Å². The molecule has 78 heavy (non-hydrogen) atoms. The van der Waals surface area contributed by atoms with Gasteiger partial charge in [-0.1, -0.05) is 86.3 Å². The molecule has 0 bridgehead atoms. The van der Waals surface area contributed by atoms with Crippen molar-refractivity contribution in [1.29, 1.82) is 0 Å². The second-order valence-corrected chi connectivity index (χ2v) is 22.8. The van der Waals surface area contributed by atoms with Crippen LogP contribution in [0.15, 0.2) is 178 Å². The lowest BCUT2D eigenvalue weighted by Crippen LogP contribution is -2.39. The van der Waals surface area contributed by atoms with Crippen molar-refractivity contribution in [3.05, 3.63) is 196 Å². The van der Waals surface area contributed by atoms with E-state index in [2.05, 4.69) is 125 Å². The number of nitrogens with one attached hydrogen (secondary N) is 2. The van der Waals surface area contributed by atoms with E-state index in [1.807, 2.05) is 104 Å². The van der Waals surface area contributed by atoms with Crippen molar-refractivity contribution < 1.29 is 14.2 Å². The summed E-state index contributed by atoms with van der Waals surface area (Å²) in [5.74, 6) is 1.92. The van der Waals surface area contributed by atoms with E-state index in [-0.39, 0.29) is 17.9 Å². The highest BCUT2D eigenvalue weighted by molar-refractivity contribution is 8.03. The van der Waals surface area contributed by atoms with Gasteiger partial charge in [0.2, 0.25) is 16.7 Å². The summed E-state index contributed by atoms with van der Waals surface area (Å²) in [4.78, 5) is 41.2. The highest BCUT2D eigenvalue weighted by atomic mass is 32.2. The maximum absolute atomic E-state index is 13.0. The first kappa shape index (κ1) is 53.7. The van der Waals surface area contributed by atoms with Crippen LogP contribution in [0.1, 0.15) is 95.7 Å². The highest BCUT2D eigenvalue weighted by Crippen LogP contribution is 2.45. The van der Waals surface area contributed by atoms with E-state index < -0.39 is 0 Å². The zero-order valence-electron chi connectivity index (χ0n) is 45.2. The molecule has 1 atom stereocenters. The number of rotatable bonds is 21. The van der Waals surface area contributed by atoms with Gasteiger partial charge in [0.25, 0.3) is 11.8 Å². The largest absolute Gasteiger partial charge is 0.398 e. The third kappa shape index (κ3) is 12.4. The zero-order chi connectivity index (χ0) is 54.1. The number of nitrogen functional groups attached to an aromatic ring is 2. The van der Waals surface area contributed by atoms with Crippen molar-refractivity contribution in [2.45, 2.75) is 90.0 Å². The molecule has 7 aromatic carbocycles. The average molecular weight is 1070 g/mol. The Morgan fingerprint density at radius 3 is 1.76 bits per heavy atom. The van der Waals surface area contributed by atoms with E-state index in [0.717, 1.165) is 147 Å². The Balaban J connectivity index is 0.613. The van der Waals surface area contributed by atoms with E-state index in [1.165, 1.54) is 20.9 Å². The predicted molar refractivity (Wildman–Crippen MR) is 328 cm³/mol. The van der Waals surface area contributed by atoms with Crippen LogP contribution < -0.4 is 31.6 Å². The van der Waals surface area contributed by atoms with Gasteiger partial charge in [0.05, 0.1) is 23.1 Å². The lowest BCUT2D eigenvalue weighted by molar-refractivity contribution is -0.538. The van der Waals surface area contributed by atoms with E-state index >= 15 is 0 Å². The van der Waals surface area contributed by atoms with E-state index in [9.17, 15) is 9.59 Å². The van der Waals surface area contributed by atoms with Crippen LogP contribution in [0, 0.1) is 20.8 Å². The second kappa shape index (κ2) is 24.8. The van der Waals surface area contributed by atoms with Crippen LogP contribution in [0.3, 0.4) is 0 Å². The van der Waals surface area contributed by atoms with Crippen LogP contribution in [0.5, 0.6) is 0 Å². The van der Waals surface area contributed by atoms with Crippen molar-refractivity contribution >= 4 is 91.6 Å². The number of aryl methyl sites for hydroxylation is 3. The van der Waals surface area contributed by atoms with E-state index in [1.54, 1.807) is 0 Å². The summed E-state index contributed by atoms with van der Waals surface area (Å²) >= 11 is 3.81. The number of nitrogens with zero attached hydrogens (tertiary/aromatic N) is 4. The summed E-state index contributed by atoms with van der Waals surface area (Å²) < 4.78 is 2.28. The topological polar surface area (TPSA) is 143 Å². The van der Waals surface area contributed by atoms with Gasteiger partial charge in [-0.3, -0.25) is 9.59 Å². The van der Waals surface area contributed by atoms with Crippen LogP contribution in [-0.4, -0.2) is 53.1 Å². The number of thioether (sulfide) groups is 2. The van der Waals surface area contributed by atoms with Gasteiger partial charge in [0, 0.05) is 75.3 Å². The zero-order valence-corrected chi connectivity index (χ0v) is 46.8. The van der Waals surface area contributed by atoms with Gasteiger partial charge in [-0.25, -0.2) is 9.98 Å². The molecule has 1 aromatic heterocycles. The number of carbonyl (C=O) groups is 2. The molecule has 0 fully saturated rings. The minimum atomic E-state index is -0.0644. The summed E-state index contributed by atoms with van der Waals surface area (Å²) in [6, 6.07) is 49.0. The van der Waals surface area contributed by atoms with Crippen LogP contribution in [-0.2, 0) is 0 Å². The van der Waals surface area contributed by atoms with Crippen molar-refractivity contribution in [3.8, 4) is 16.8 Å². The maximum atomic E-state index is 13.0. The molecule has 10 rings (SSSR count). The SMILES string of the molecule is CC1=CC2=Nc3cc(C)c(N)cc3N(c3ccccc3)C2C=C1SCCCCCCNC(=O)c1ccc(-c2ccc(C(=O)NCCCCCCSc3cc4c(cc3C)nc3cc(C)c(N)cc3[n+]4-c3ccccc3)cc2)cc1. The molecular formula is C66H69N8O2S2+. The van der Waals surface area contributed by atoms with Crippen molar-refractivity contribution in [1.82, 2.24) is 15.6 Å². The smallest absolute Gasteiger partial charge is 0.251 e. The third-order valence-electron chi connectivity index (χ3n) is 14.8. The molecular weight excluding hydrogens is 1000 g/mol. The van der Waals surface area contributed by atoms with Gasteiger partial charge in [-0.05, 0) is 171 Å². The number of amides is 2. The molecule has 8 aromatic rings. The fraction of sp³-hybridized carbons (Fsp3) is 0.258. The first-order valence-electron chi connectivity index (χ1n) is 27.4. The Morgan fingerprint density at radius 1 is 0.590 bits per heavy atom. The molecule has 2 heterocycles. The minimum absolute atomic E-state index is 0.00924. The van der Waals surface area contributed by atoms with Gasteiger partial charge >= 0.3 is 0 Å². The fourth-order valence-electron chi connectivity index (χ4n) is 10.3. The third-order valence-corrected chi connectivity index (χ3v) is 17.3. The van der Waals surface area contributed by atoms with Gasteiger partial charge in [0.1, 0.15) is 11.0 Å².